The Morgan fingerprint density at radius 1 is 0.938 bits per heavy atom. The Balaban J connectivity index is 0.876. The van der Waals surface area contributed by atoms with Gasteiger partial charge in [-0.1, -0.05) is 99.5 Å². The lowest BCUT2D eigenvalue weighted by atomic mass is 9.85. The average molecular weight is 889 g/mol. The van der Waals surface area contributed by atoms with Gasteiger partial charge in [0.05, 0.1) is 35.3 Å². The average Bonchev–Trinajstić information content (AvgIpc) is 4.01. The van der Waals surface area contributed by atoms with Gasteiger partial charge in [0, 0.05) is 44.9 Å². The molecule has 4 N–H and O–H groups in total. The number of thiazole rings is 1. The number of hydrogen-bond donors (Lipinski definition) is 4. The van der Waals surface area contributed by atoms with Gasteiger partial charge in [0.2, 0.25) is 23.6 Å². The number of rotatable bonds is 15. The first-order valence-electron chi connectivity index (χ1n) is 21.8. The van der Waals surface area contributed by atoms with Crippen LogP contribution in [0.2, 0.25) is 0 Å². The van der Waals surface area contributed by atoms with Crippen molar-refractivity contribution in [1.82, 2.24) is 30.7 Å². The number of aliphatic hydroxyl groups is 1. The maximum absolute atomic E-state index is 14.2. The lowest BCUT2D eigenvalue weighted by molar-refractivity contribution is -0.144. The highest BCUT2D eigenvalue weighted by molar-refractivity contribution is 7.13. The maximum Gasteiger partial charge on any atom is 0.409 e. The van der Waals surface area contributed by atoms with E-state index in [1.165, 1.54) is 27.4 Å². The number of aliphatic hydroxyl groups excluding tert-OH is 1. The van der Waals surface area contributed by atoms with E-state index in [-0.39, 0.29) is 82.0 Å². The van der Waals surface area contributed by atoms with E-state index in [0.29, 0.717) is 31.6 Å². The van der Waals surface area contributed by atoms with Crippen molar-refractivity contribution in [3.05, 3.63) is 101 Å². The molecule has 1 aliphatic carbocycles. The normalized spacial score (nSPS) is 17.8. The molecular formula is C49H56N6O8S. The topological polar surface area (TPSA) is 179 Å². The van der Waals surface area contributed by atoms with Crippen LogP contribution in [-0.2, 0) is 41.8 Å². The fourth-order valence-corrected chi connectivity index (χ4v) is 9.54. The van der Waals surface area contributed by atoms with Crippen molar-refractivity contribution in [1.29, 1.82) is 0 Å². The summed E-state index contributed by atoms with van der Waals surface area (Å²) in [6, 6.07) is 22.2. The minimum absolute atomic E-state index is 0.0112. The second-order valence-corrected chi connectivity index (χ2v) is 18.6. The van der Waals surface area contributed by atoms with Crippen molar-refractivity contribution in [3.8, 4) is 33.9 Å². The number of carbonyl (C=O) groups is 5. The Kier molecular flexibility index (Phi) is 14.8. The third kappa shape index (κ3) is 11.0. The van der Waals surface area contributed by atoms with Crippen LogP contribution in [0.25, 0.3) is 21.6 Å². The Morgan fingerprint density at radius 3 is 2.27 bits per heavy atom. The predicted octanol–water partition coefficient (Wildman–Crippen LogP) is 5.24. The smallest absolute Gasteiger partial charge is 0.409 e. The summed E-state index contributed by atoms with van der Waals surface area (Å²) in [6.07, 6.45) is 5.41. The lowest BCUT2D eigenvalue weighted by Crippen LogP contribution is -2.58. The molecule has 3 aliphatic rings. The van der Waals surface area contributed by atoms with Crippen molar-refractivity contribution >= 4 is 41.1 Å². The number of terminal acetylenes is 1. The Labute approximate surface area is 378 Å². The summed E-state index contributed by atoms with van der Waals surface area (Å²) in [7, 11) is 0. The van der Waals surface area contributed by atoms with Crippen molar-refractivity contribution in [2.24, 2.45) is 11.3 Å². The minimum atomic E-state index is -0.943. The minimum Gasteiger partial charge on any atom is -0.448 e. The van der Waals surface area contributed by atoms with Gasteiger partial charge in [0.25, 0.3) is 0 Å². The molecule has 3 aromatic carbocycles. The summed E-state index contributed by atoms with van der Waals surface area (Å²) in [5, 5.41) is 19.1. The van der Waals surface area contributed by atoms with Crippen molar-refractivity contribution in [2.45, 2.75) is 83.7 Å². The quantitative estimate of drug-likeness (QED) is 0.116. The van der Waals surface area contributed by atoms with Crippen LogP contribution in [0.1, 0.15) is 74.8 Å². The lowest BCUT2D eigenvalue weighted by Gasteiger charge is -2.36. The van der Waals surface area contributed by atoms with E-state index in [2.05, 4.69) is 51.1 Å². The molecule has 0 bridgehead atoms. The van der Waals surface area contributed by atoms with Gasteiger partial charge in [0.15, 0.2) is 0 Å². The van der Waals surface area contributed by atoms with Crippen LogP contribution >= 0.6 is 11.3 Å². The number of likely N-dealkylation sites (tertiary alicyclic amines) is 2. The van der Waals surface area contributed by atoms with E-state index < -0.39 is 35.4 Å². The monoisotopic (exact) mass is 888 g/mol. The number of nitrogens with zero attached hydrogens (tertiary/aromatic N) is 3. The van der Waals surface area contributed by atoms with Gasteiger partial charge in [-0.25, -0.2) is 9.78 Å². The highest BCUT2D eigenvalue weighted by Crippen LogP contribution is 2.44. The van der Waals surface area contributed by atoms with E-state index >= 15 is 0 Å². The first-order valence-corrected chi connectivity index (χ1v) is 22.6. The molecule has 2 saturated heterocycles. The number of hydrogen-bond acceptors (Lipinski definition) is 10. The van der Waals surface area contributed by atoms with E-state index in [1.807, 2.05) is 69.3 Å². The number of carbonyl (C=O) groups excluding carboxylic acids is 5. The molecule has 3 atom stereocenters. The molecule has 2 aliphatic heterocycles. The van der Waals surface area contributed by atoms with E-state index in [9.17, 15) is 29.1 Å². The molecule has 64 heavy (non-hydrogen) atoms. The Morgan fingerprint density at radius 2 is 1.61 bits per heavy atom. The number of ether oxygens (including phenoxy) is 2. The van der Waals surface area contributed by atoms with Gasteiger partial charge in [-0.15, -0.1) is 17.8 Å². The first kappa shape index (κ1) is 45.9. The van der Waals surface area contributed by atoms with Gasteiger partial charge in [0.1, 0.15) is 25.3 Å². The summed E-state index contributed by atoms with van der Waals surface area (Å²) in [5.41, 5.74) is 8.08. The van der Waals surface area contributed by atoms with E-state index in [0.717, 1.165) is 27.1 Å². The Hall–Kier alpha value is -6.08. The van der Waals surface area contributed by atoms with Crippen LogP contribution in [0.4, 0.5) is 4.79 Å². The Bertz CT molecular complexity index is 2320. The predicted molar refractivity (Wildman–Crippen MR) is 242 cm³/mol. The third-order valence-corrected chi connectivity index (χ3v) is 13.1. The summed E-state index contributed by atoms with van der Waals surface area (Å²) in [6.45, 7) is 7.05. The molecule has 0 radical (unpaired) electrons. The van der Waals surface area contributed by atoms with Crippen LogP contribution < -0.4 is 16.0 Å². The molecule has 3 heterocycles. The molecule has 0 unspecified atom stereocenters. The van der Waals surface area contributed by atoms with Gasteiger partial charge < -0.3 is 40.3 Å². The number of aromatic nitrogens is 1. The van der Waals surface area contributed by atoms with Gasteiger partial charge in [-0.3, -0.25) is 19.2 Å². The molecule has 0 saturated carbocycles. The molecule has 7 rings (SSSR count). The summed E-state index contributed by atoms with van der Waals surface area (Å²) < 4.78 is 11.4. The van der Waals surface area contributed by atoms with Gasteiger partial charge in [-0.05, 0) is 57.6 Å². The van der Waals surface area contributed by atoms with Crippen molar-refractivity contribution in [3.63, 3.8) is 0 Å². The van der Waals surface area contributed by atoms with Crippen LogP contribution in [0.15, 0.2) is 78.3 Å². The molecular weight excluding hydrogens is 833 g/mol. The SMILES string of the molecule is C#CCNC(=O)COCc1ncsc1-c1ccc(CNC(=O)[C@@H]2C[C@@H](O)CN2C(=O)[C@@H](NC(=O)CC2CCN(C(=O)OCC3c4ccccc4-c4ccccc43)CC2)C(C)(C)C)cc1. The number of nitrogens with one attached hydrogen (secondary N) is 3. The molecule has 336 valence electrons. The molecule has 2 fully saturated rings. The first-order chi connectivity index (χ1) is 30.8. The summed E-state index contributed by atoms with van der Waals surface area (Å²) >= 11 is 1.45. The zero-order valence-corrected chi connectivity index (χ0v) is 37.3. The zero-order chi connectivity index (χ0) is 45.4. The fraction of sp³-hybridized carbons (Fsp3) is 0.429. The maximum atomic E-state index is 14.2. The van der Waals surface area contributed by atoms with E-state index in [4.69, 9.17) is 15.9 Å². The third-order valence-electron chi connectivity index (χ3n) is 12.1. The molecule has 14 nitrogen and oxygen atoms in total. The zero-order valence-electron chi connectivity index (χ0n) is 36.5. The van der Waals surface area contributed by atoms with Gasteiger partial charge >= 0.3 is 6.09 Å². The highest BCUT2D eigenvalue weighted by atomic mass is 32.1. The van der Waals surface area contributed by atoms with Gasteiger partial charge in [-0.2, -0.15) is 0 Å². The van der Waals surface area contributed by atoms with Crippen LogP contribution in [-0.4, -0.2) is 107 Å². The van der Waals surface area contributed by atoms with Crippen molar-refractivity contribution < 1.29 is 38.6 Å². The summed E-state index contributed by atoms with van der Waals surface area (Å²) in [4.78, 5) is 74.8. The second-order valence-electron chi connectivity index (χ2n) is 17.7. The number of benzene rings is 3. The van der Waals surface area contributed by atoms with E-state index in [1.54, 1.807) is 10.4 Å². The van der Waals surface area contributed by atoms with Crippen molar-refractivity contribution in [2.75, 3.05) is 39.4 Å². The highest BCUT2D eigenvalue weighted by Gasteiger charge is 2.44. The molecule has 15 heteroatoms. The standard InChI is InChI=1S/C49H56N6O8S/c1-5-20-50-43(58)29-62-28-40-44(64-30-52-40)33-16-14-32(15-17-33)25-51-46(59)41-24-34(56)26-55(41)47(60)45(49(2,3)4)53-42(57)23-31-18-21-54(22-19-31)48(61)63-27-39-37-12-8-6-10-35(37)36-11-7-9-13-38(36)39/h1,6-17,30-31,34,39,41,45,56H,18-29H2,2-4H3,(H,50,58)(H,51,59)(H,53,57)/t34-,41+,45-/m1/s1. The molecule has 5 amide bonds. The number of piperidine rings is 1. The van der Waals surface area contributed by atoms with Crippen LogP contribution in [0.5, 0.6) is 0 Å². The largest absolute Gasteiger partial charge is 0.448 e. The number of β-amino-alcohol motifs (C(OH)–C–C–N with tert-alkyl or cyclic N) is 1. The van der Waals surface area contributed by atoms with Crippen LogP contribution in [0.3, 0.4) is 0 Å². The molecule has 1 aromatic heterocycles. The second kappa shape index (κ2) is 20.6. The molecule has 4 aromatic rings. The number of amides is 5. The van der Waals surface area contributed by atoms with Crippen LogP contribution in [0, 0.1) is 23.7 Å². The number of fused-ring (bicyclic) bond motifs is 3. The molecule has 0 spiro atoms. The summed E-state index contributed by atoms with van der Waals surface area (Å²) in [5.74, 6) is 0.914. The fourth-order valence-electron chi connectivity index (χ4n) is 8.74.